The van der Waals surface area contributed by atoms with Gasteiger partial charge in [-0.05, 0) is 18.6 Å². The monoisotopic (exact) mass is 175 g/mol. The van der Waals surface area contributed by atoms with Gasteiger partial charge < -0.3 is 5.73 Å². The number of nitrogens with two attached hydrogens (primary N) is 1. The van der Waals surface area contributed by atoms with Crippen LogP contribution in [0.2, 0.25) is 0 Å². The third kappa shape index (κ3) is 1.48. The molecule has 0 atom stereocenters. The fourth-order valence-electron chi connectivity index (χ4n) is 0.994. The Bertz CT molecular complexity index is 420. The molecule has 0 saturated carbocycles. The van der Waals surface area contributed by atoms with Crippen molar-refractivity contribution in [2.45, 2.75) is 6.92 Å². The lowest BCUT2D eigenvalue weighted by Gasteiger charge is -1.98. The Hall–Kier alpha value is -1.91. The van der Waals surface area contributed by atoms with Crippen molar-refractivity contribution in [3.05, 3.63) is 30.2 Å². The SMILES string of the molecule is Cc1cnn(-c2nccc(N)n2)c1. The summed E-state index contributed by atoms with van der Waals surface area (Å²) in [4.78, 5) is 8.06. The van der Waals surface area contributed by atoms with Crippen molar-refractivity contribution in [3.8, 4) is 5.95 Å². The number of hydrogen-bond donors (Lipinski definition) is 1. The Morgan fingerprint density at radius 1 is 1.46 bits per heavy atom. The Kier molecular flexibility index (Phi) is 1.70. The van der Waals surface area contributed by atoms with E-state index in [1.807, 2.05) is 13.1 Å². The summed E-state index contributed by atoms with van der Waals surface area (Å²) in [6.07, 6.45) is 5.19. The van der Waals surface area contributed by atoms with Crippen molar-refractivity contribution in [2.75, 3.05) is 5.73 Å². The van der Waals surface area contributed by atoms with Crippen LogP contribution in [0.4, 0.5) is 5.82 Å². The molecule has 2 N–H and O–H groups in total. The van der Waals surface area contributed by atoms with Crippen LogP contribution in [0.1, 0.15) is 5.56 Å². The molecule has 0 aliphatic rings. The van der Waals surface area contributed by atoms with Gasteiger partial charge in [0.05, 0.1) is 6.20 Å². The van der Waals surface area contributed by atoms with E-state index in [9.17, 15) is 0 Å². The first-order valence-electron chi connectivity index (χ1n) is 3.86. The predicted molar refractivity (Wildman–Crippen MR) is 48.3 cm³/mol. The highest BCUT2D eigenvalue weighted by atomic mass is 15.3. The summed E-state index contributed by atoms with van der Waals surface area (Å²) >= 11 is 0. The highest BCUT2D eigenvalue weighted by Gasteiger charge is 2.00. The Morgan fingerprint density at radius 3 is 2.92 bits per heavy atom. The second-order valence-electron chi connectivity index (χ2n) is 2.74. The number of nitrogens with zero attached hydrogens (tertiary/aromatic N) is 4. The molecular weight excluding hydrogens is 166 g/mol. The molecule has 0 aliphatic heterocycles. The molecule has 0 unspecified atom stereocenters. The van der Waals surface area contributed by atoms with Crippen LogP contribution in [-0.2, 0) is 0 Å². The normalized spacial score (nSPS) is 10.2. The van der Waals surface area contributed by atoms with Crippen LogP contribution in [-0.4, -0.2) is 19.7 Å². The molecule has 0 bridgehead atoms. The fourth-order valence-corrected chi connectivity index (χ4v) is 0.994. The number of rotatable bonds is 1. The van der Waals surface area contributed by atoms with Crippen LogP contribution in [0.25, 0.3) is 5.95 Å². The maximum Gasteiger partial charge on any atom is 0.252 e. The number of hydrogen-bond acceptors (Lipinski definition) is 4. The van der Waals surface area contributed by atoms with E-state index in [2.05, 4.69) is 15.1 Å². The molecule has 0 aromatic carbocycles. The van der Waals surface area contributed by atoms with Crippen molar-refractivity contribution in [1.82, 2.24) is 19.7 Å². The lowest BCUT2D eigenvalue weighted by atomic mass is 10.4. The molecular formula is C8H9N5. The van der Waals surface area contributed by atoms with Gasteiger partial charge in [-0.1, -0.05) is 0 Å². The second-order valence-corrected chi connectivity index (χ2v) is 2.74. The zero-order chi connectivity index (χ0) is 9.26. The molecule has 2 aromatic rings. The molecule has 5 nitrogen and oxygen atoms in total. The number of aryl methyl sites for hydroxylation is 1. The quantitative estimate of drug-likeness (QED) is 0.687. The zero-order valence-electron chi connectivity index (χ0n) is 7.18. The topological polar surface area (TPSA) is 69.6 Å². The molecule has 66 valence electrons. The van der Waals surface area contributed by atoms with Crippen LogP contribution in [0.15, 0.2) is 24.7 Å². The standard InChI is InChI=1S/C8H9N5/c1-6-4-11-13(5-6)8-10-3-2-7(9)12-8/h2-5H,1H3,(H2,9,10,12). The Balaban J connectivity index is 2.46. The third-order valence-electron chi connectivity index (χ3n) is 1.58. The lowest BCUT2D eigenvalue weighted by molar-refractivity contribution is 0.810. The van der Waals surface area contributed by atoms with Crippen molar-refractivity contribution in [1.29, 1.82) is 0 Å². The van der Waals surface area contributed by atoms with Gasteiger partial charge in [0.25, 0.3) is 5.95 Å². The van der Waals surface area contributed by atoms with Crippen LogP contribution in [0, 0.1) is 6.92 Å². The first kappa shape index (κ1) is 7.72. The minimum atomic E-state index is 0.443. The minimum Gasteiger partial charge on any atom is -0.384 e. The molecule has 13 heavy (non-hydrogen) atoms. The van der Waals surface area contributed by atoms with Crippen molar-refractivity contribution in [3.63, 3.8) is 0 Å². The Labute approximate surface area is 75.2 Å². The van der Waals surface area contributed by atoms with Gasteiger partial charge in [0.1, 0.15) is 5.82 Å². The van der Waals surface area contributed by atoms with Gasteiger partial charge in [-0.25, -0.2) is 9.67 Å². The van der Waals surface area contributed by atoms with Gasteiger partial charge in [0, 0.05) is 12.4 Å². The van der Waals surface area contributed by atoms with E-state index in [-0.39, 0.29) is 0 Å². The summed E-state index contributed by atoms with van der Waals surface area (Å²) in [6.45, 7) is 1.95. The second kappa shape index (κ2) is 2.85. The molecule has 0 fully saturated rings. The molecule has 0 amide bonds. The van der Waals surface area contributed by atoms with E-state index in [1.54, 1.807) is 23.1 Å². The van der Waals surface area contributed by atoms with Crippen LogP contribution in [0.5, 0.6) is 0 Å². The van der Waals surface area contributed by atoms with E-state index in [4.69, 9.17) is 5.73 Å². The van der Waals surface area contributed by atoms with Crippen molar-refractivity contribution in [2.24, 2.45) is 0 Å². The van der Waals surface area contributed by atoms with E-state index >= 15 is 0 Å². The zero-order valence-corrected chi connectivity index (χ0v) is 7.18. The van der Waals surface area contributed by atoms with E-state index in [1.165, 1.54) is 0 Å². The molecule has 0 saturated heterocycles. The van der Waals surface area contributed by atoms with Crippen molar-refractivity contribution >= 4 is 5.82 Å². The highest BCUT2D eigenvalue weighted by Crippen LogP contribution is 2.03. The van der Waals surface area contributed by atoms with Crippen LogP contribution >= 0.6 is 0 Å². The van der Waals surface area contributed by atoms with Crippen LogP contribution in [0.3, 0.4) is 0 Å². The summed E-state index contributed by atoms with van der Waals surface area (Å²) in [5.74, 6) is 0.936. The number of aromatic nitrogens is 4. The van der Waals surface area contributed by atoms with Gasteiger partial charge in [0.15, 0.2) is 0 Å². The highest BCUT2D eigenvalue weighted by molar-refractivity contribution is 5.29. The van der Waals surface area contributed by atoms with E-state index < -0.39 is 0 Å². The Morgan fingerprint density at radius 2 is 2.31 bits per heavy atom. The minimum absolute atomic E-state index is 0.443. The molecule has 2 heterocycles. The predicted octanol–water partition coefficient (Wildman–Crippen LogP) is 0.553. The van der Waals surface area contributed by atoms with Crippen molar-refractivity contribution < 1.29 is 0 Å². The van der Waals surface area contributed by atoms with Gasteiger partial charge in [0.2, 0.25) is 0 Å². The smallest absolute Gasteiger partial charge is 0.252 e. The van der Waals surface area contributed by atoms with Gasteiger partial charge in [-0.15, -0.1) is 0 Å². The average molecular weight is 175 g/mol. The lowest BCUT2D eigenvalue weighted by Crippen LogP contribution is -2.03. The van der Waals surface area contributed by atoms with Gasteiger partial charge in [-0.3, -0.25) is 0 Å². The van der Waals surface area contributed by atoms with E-state index in [0.717, 1.165) is 5.56 Å². The molecule has 2 aromatic heterocycles. The first-order chi connectivity index (χ1) is 6.25. The third-order valence-corrected chi connectivity index (χ3v) is 1.58. The molecule has 2 rings (SSSR count). The molecule has 5 heteroatoms. The fraction of sp³-hybridized carbons (Fsp3) is 0.125. The largest absolute Gasteiger partial charge is 0.384 e. The number of anilines is 1. The summed E-state index contributed by atoms with van der Waals surface area (Å²) in [5, 5.41) is 4.06. The van der Waals surface area contributed by atoms with E-state index in [0.29, 0.717) is 11.8 Å². The van der Waals surface area contributed by atoms with Gasteiger partial charge in [-0.2, -0.15) is 10.1 Å². The summed E-state index contributed by atoms with van der Waals surface area (Å²) in [5.41, 5.74) is 6.57. The number of nitrogen functional groups attached to an aromatic ring is 1. The summed E-state index contributed by atoms with van der Waals surface area (Å²) in [6, 6.07) is 1.64. The summed E-state index contributed by atoms with van der Waals surface area (Å²) < 4.78 is 1.59. The maximum absolute atomic E-state index is 5.51. The first-order valence-corrected chi connectivity index (χ1v) is 3.86. The molecule has 0 aliphatic carbocycles. The van der Waals surface area contributed by atoms with Gasteiger partial charge >= 0.3 is 0 Å². The summed E-state index contributed by atoms with van der Waals surface area (Å²) in [7, 11) is 0. The van der Waals surface area contributed by atoms with Crippen LogP contribution < -0.4 is 5.73 Å². The molecule has 0 radical (unpaired) electrons. The maximum atomic E-state index is 5.51. The average Bonchev–Trinajstić information content (AvgIpc) is 2.52. The molecule has 0 spiro atoms.